The minimum absolute atomic E-state index is 0.0238. The second kappa shape index (κ2) is 7.47. The molecule has 2 aromatic carbocycles. The molecule has 27 heavy (non-hydrogen) atoms. The Hall–Kier alpha value is -1.54. The molecular weight excluding hydrogens is 396 g/mol. The van der Waals surface area contributed by atoms with Crippen LogP contribution < -0.4 is 5.73 Å². The molecule has 0 spiro atoms. The minimum Gasteiger partial charge on any atom is -0.396 e. The summed E-state index contributed by atoms with van der Waals surface area (Å²) < 4.78 is 54.1. The van der Waals surface area contributed by atoms with Crippen molar-refractivity contribution < 1.29 is 22.3 Å². The molecule has 1 fully saturated rings. The van der Waals surface area contributed by atoms with E-state index in [4.69, 9.17) is 17.3 Å². The number of hydrogen-bond acceptors (Lipinski definition) is 4. The van der Waals surface area contributed by atoms with Gasteiger partial charge < -0.3 is 10.8 Å². The average Bonchev–Trinajstić information content (AvgIpc) is 2.64. The highest BCUT2D eigenvalue weighted by Crippen LogP contribution is 2.49. The Morgan fingerprint density at radius 3 is 2.48 bits per heavy atom. The Bertz CT molecular complexity index is 936. The van der Waals surface area contributed by atoms with E-state index in [1.807, 2.05) is 0 Å². The predicted molar refractivity (Wildman–Crippen MR) is 99.1 cm³/mol. The lowest BCUT2D eigenvalue weighted by molar-refractivity contribution is 0.147. The first kappa shape index (κ1) is 20.2. The number of benzene rings is 2. The summed E-state index contributed by atoms with van der Waals surface area (Å²) in [4.78, 5) is -0.0391. The molecule has 8 heteroatoms. The molecule has 3 N–H and O–H groups in total. The van der Waals surface area contributed by atoms with Crippen molar-refractivity contribution in [1.82, 2.24) is 0 Å². The molecule has 0 bridgehead atoms. The number of aliphatic hydroxyl groups excluding tert-OH is 1. The van der Waals surface area contributed by atoms with E-state index in [-0.39, 0.29) is 36.3 Å². The van der Waals surface area contributed by atoms with Gasteiger partial charge in [-0.3, -0.25) is 0 Å². The van der Waals surface area contributed by atoms with Crippen molar-refractivity contribution in [2.45, 2.75) is 34.9 Å². The highest BCUT2D eigenvalue weighted by atomic mass is 35.5. The molecule has 3 rings (SSSR count). The zero-order valence-electron chi connectivity index (χ0n) is 14.4. The average molecular weight is 416 g/mol. The summed E-state index contributed by atoms with van der Waals surface area (Å²) >= 11 is 5.86. The summed E-state index contributed by atoms with van der Waals surface area (Å²) in [5.74, 6) is -2.09. The van der Waals surface area contributed by atoms with Crippen molar-refractivity contribution in [3.05, 3.63) is 64.7 Å². The highest BCUT2D eigenvalue weighted by Gasteiger charge is 2.52. The summed E-state index contributed by atoms with van der Waals surface area (Å²) in [6.07, 6.45) is 0.181. The molecule has 4 nitrogen and oxygen atoms in total. The topological polar surface area (TPSA) is 80.4 Å². The Labute approximate surface area is 161 Å². The summed E-state index contributed by atoms with van der Waals surface area (Å²) in [6.45, 7) is -0.337. The van der Waals surface area contributed by atoms with Crippen molar-refractivity contribution in [3.63, 3.8) is 0 Å². The van der Waals surface area contributed by atoms with Gasteiger partial charge in [0.25, 0.3) is 0 Å². The fraction of sp³-hybridized carbons (Fsp3) is 0.368. The Kier molecular flexibility index (Phi) is 5.59. The molecule has 1 aliphatic carbocycles. The molecule has 0 amide bonds. The van der Waals surface area contributed by atoms with Crippen molar-refractivity contribution >= 4 is 21.4 Å². The third-order valence-corrected chi connectivity index (χ3v) is 8.14. The van der Waals surface area contributed by atoms with Crippen LogP contribution in [0.3, 0.4) is 0 Å². The smallest absolute Gasteiger partial charge is 0.188 e. The van der Waals surface area contributed by atoms with Gasteiger partial charge in [0.15, 0.2) is 9.84 Å². The van der Waals surface area contributed by atoms with E-state index in [0.29, 0.717) is 5.02 Å². The van der Waals surface area contributed by atoms with Crippen LogP contribution in [0, 0.1) is 17.6 Å². The summed E-state index contributed by atoms with van der Waals surface area (Å²) in [7, 11) is -4.13. The highest BCUT2D eigenvalue weighted by molar-refractivity contribution is 7.92. The van der Waals surface area contributed by atoms with Gasteiger partial charge in [-0.05, 0) is 67.6 Å². The van der Waals surface area contributed by atoms with Crippen molar-refractivity contribution in [1.29, 1.82) is 0 Å². The first-order chi connectivity index (χ1) is 12.7. The van der Waals surface area contributed by atoms with E-state index in [1.54, 1.807) is 0 Å². The number of hydrogen-bond donors (Lipinski definition) is 2. The van der Waals surface area contributed by atoms with Gasteiger partial charge in [-0.25, -0.2) is 17.2 Å². The molecule has 0 heterocycles. The van der Waals surface area contributed by atoms with Crippen LogP contribution in [0.15, 0.2) is 47.4 Å². The largest absolute Gasteiger partial charge is 0.396 e. The monoisotopic (exact) mass is 415 g/mol. The Morgan fingerprint density at radius 1 is 1.19 bits per heavy atom. The molecule has 2 aromatic rings. The Balaban J connectivity index is 2.25. The van der Waals surface area contributed by atoms with Gasteiger partial charge in [0, 0.05) is 23.2 Å². The number of nitrogens with two attached hydrogens (primary N) is 1. The first-order valence-electron chi connectivity index (χ1n) is 8.53. The van der Waals surface area contributed by atoms with E-state index in [2.05, 4.69) is 0 Å². The minimum atomic E-state index is -4.13. The van der Waals surface area contributed by atoms with Crippen molar-refractivity contribution in [2.24, 2.45) is 11.7 Å². The molecule has 1 saturated carbocycles. The lowest BCUT2D eigenvalue weighted by Crippen LogP contribution is -2.49. The Morgan fingerprint density at radius 2 is 1.85 bits per heavy atom. The quantitative estimate of drug-likeness (QED) is 0.801. The van der Waals surface area contributed by atoms with Gasteiger partial charge in [-0.1, -0.05) is 11.6 Å². The van der Waals surface area contributed by atoms with Gasteiger partial charge in [-0.15, -0.1) is 0 Å². The van der Waals surface area contributed by atoms with E-state index >= 15 is 0 Å². The zero-order valence-corrected chi connectivity index (χ0v) is 16.0. The summed E-state index contributed by atoms with van der Waals surface area (Å²) in [5.41, 5.74) is 5.78. The van der Waals surface area contributed by atoms with E-state index in [1.165, 1.54) is 24.3 Å². The summed E-state index contributed by atoms with van der Waals surface area (Å²) in [5, 5.41) is 10.0. The van der Waals surface area contributed by atoms with Crippen molar-refractivity contribution in [3.8, 4) is 0 Å². The third-order valence-electron chi connectivity index (χ3n) is 5.37. The van der Waals surface area contributed by atoms with Crippen LogP contribution >= 0.6 is 11.6 Å². The maximum Gasteiger partial charge on any atom is 0.188 e. The van der Waals surface area contributed by atoms with Crippen LogP contribution in [0.5, 0.6) is 0 Å². The second-order valence-corrected chi connectivity index (χ2v) is 9.62. The number of halogens is 3. The molecule has 0 saturated heterocycles. The van der Waals surface area contributed by atoms with Crippen LogP contribution in [0.4, 0.5) is 8.78 Å². The van der Waals surface area contributed by atoms with Crippen LogP contribution in [0.2, 0.25) is 5.02 Å². The third kappa shape index (κ3) is 3.49. The fourth-order valence-corrected chi connectivity index (χ4v) is 6.17. The number of rotatable bonds is 4. The van der Waals surface area contributed by atoms with Gasteiger partial charge in [0.1, 0.15) is 16.4 Å². The first-order valence-corrected chi connectivity index (χ1v) is 10.4. The standard InChI is InChI=1S/C19H20ClF2NO3S/c20-13-1-4-15(5-2-13)27(25,26)19(8-7-18(23)12(10-19)11-24)16-9-14(21)3-6-17(16)22/h1-6,9,12,18,24H,7-8,10-11,23H2. The summed E-state index contributed by atoms with van der Waals surface area (Å²) in [6, 6.07) is 7.93. The maximum absolute atomic E-state index is 14.7. The molecule has 0 radical (unpaired) electrons. The molecule has 0 aliphatic heterocycles. The lowest BCUT2D eigenvalue weighted by Gasteiger charge is -2.43. The van der Waals surface area contributed by atoms with E-state index in [9.17, 15) is 22.3 Å². The van der Waals surface area contributed by atoms with Crippen LogP contribution in [-0.2, 0) is 14.6 Å². The second-order valence-electron chi connectivity index (χ2n) is 6.93. The van der Waals surface area contributed by atoms with Crippen molar-refractivity contribution in [2.75, 3.05) is 6.61 Å². The lowest BCUT2D eigenvalue weighted by atomic mass is 9.75. The number of aliphatic hydroxyl groups is 1. The van der Waals surface area contributed by atoms with Crippen LogP contribution in [-0.4, -0.2) is 26.2 Å². The molecular formula is C19H20ClF2NO3S. The molecule has 1 aliphatic rings. The molecule has 3 atom stereocenters. The van der Waals surface area contributed by atoms with Gasteiger partial charge >= 0.3 is 0 Å². The van der Waals surface area contributed by atoms with Crippen LogP contribution in [0.25, 0.3) is 0 Å². The van der Waals surface area contributed by atoms with E-state index < -0.39 is 38.2 Å². The molecule has 3 unspecified atom stereocenters. The van der Waals surface area contributed by atoms with Crippen LogP contribution in [0.1, 0.15) is 24.8 Å². The SMILES string of the molecule is NC1CCC(c2cc(F)ccc2F)(S(=O)(=O)c2ccc(Cl)cc2)CC1CO. The zero-order chi connectivity index (χ0) is 19.8. The molecule has 146 valence electrons. The van der Waals surface area contributed by atoms with Gasteiger partial charge in [0.05, 0.1) is 4.90 Å². The number of sulfone groups is 1. The normalized spacial score (nSPS) is 26.1. The predicted octanol–water partition coefficient (Wildman–Crippen LogP) is 3.41. The van der Waals surface area contributed by atoms with Gasteiger partial charge in [-0.2, -0.15) is 0 Å². The molecule has 0 aromatic heterocycles. The maximum atomic E-state index is 14.7. The van der Waals surface area contributed by atoms with E-state index in [0.717, 1.165) is 18.2 Å². The van der Waals surface area contributed by atoms with Gasteiger partial charge in [0.2, 0.25) is 0 Å². The fourth-order valence-electron chi connectivity index (χ4n) is 3.83.